The highest BCUT2D eigenvalue weighted by atomic mass is 16.3. The highest BCUT2D eigenvalue weighted by Crippen LogP contribution is 2.31. The summed E-state index contributed by atoms with van der Waals surface area (Å²) in [4.78, 5) is 32.8. The third-order valence-corrected chi connectivity index (χ3v) is 5.02. The van der Waals surface area contributed by atoms with Crippen LogP contribution in [0.2, 0.25) is 0 Å². The number of nitrogens with zero attached hydrogens (tertiary/aromatic N) is 3. The molecule has 0 aliphatic carbocycles. The molecule has 10 nitrogen and oxygen atoms in total. The lowest BCUT2D eigenvalue weighted by Gasteiger charge is -2.22. The van der Waals surface area contributed by atoms with Gasteiger partial charge in [0, 0.05) is 45.0 Å². The van der Waals surface area contributed by atoms with E-state index in [9.17, 15) is 14.7 Å². The van der Waals surface area contributed by atoms with Crippen molar-refractivity contribution in [2.45, 2.75) is 20.3 Å². The zero-order valence-corrected chi connectivity index (χ0v) is 18.4. The molecule has 0 radical (unpaired) electrons. The number of carbonyl (C=O) groups is 2. The fourth-order valence-electron chi connectivity index (χ4n) is 3.06. The van der Waals surface area contributed by atoms with Gasteiger partial charge in [-0.25, -0.2) is 4.98 Å². The molecule has 1 aromatic rings. The van der Waals surface area contributed by atoms with Gasteiger partial charge in [-0.1, -0.05) is 19.9 Å². The zero-order chi connectivity index (χ0) is 23.2. The molecule has 31 heavy (non-hydrogen) atoms. The largest absolute Gasteiger partial charge is 0.392 e. The SMILES string of the molecule is CN/C=C(/NC(=O)c1cccc(N(C)/C=C(\CN)CO)n1)C(=N)N1CCC(C)(C)C1=O. The number of hydrogen-bond acceptors (Lipinski definition) is 8. The third-order valence-electron chi connectivity index (χ3n) is 5.02. The number of pyridine rings is 1. The molecule has 10 heteroatoms. The molecule has 2 rings (SSSR count). The fourth-order valence-corrected chi connectivity index (χ4v) is 3.06. The van der Waals surface area contributed by atoms with Gasteiger partial charge in [0.15, 0.2) is 5.84 Å². The van der Waals surface area contributed by atoms with Crippen LogP contribution in [-0.4, -0.2) is 66.4 Å². The van der Waals surface area contributed by atoms with Gasteiger partial charge in [0.25, 0.3) is 5.91 Å². The molecule has 0 unspecified atom stereocenters. The van der Waals surface area contributed by atoms with Crippen molar-refractivity contribution in [3.8, 4) is 0 Å². The smallest absolute Gasteiger partial charge is 0.274 e. The number of aliphatic hydroxyl groups excluding tert-OH is 1. The predicted octanol–water partition coefficient (Wildman–Crippen LogP) is 0.379. The molecule has 2 heterocycles. The molecule has 0 spiro atoms. The lowest BCUT2D eigenvalue weighted by atomic mass is 9.92. The minimum atomic E-state index is -0.536. The maximum atomic E-state index is 12.8. The van der Waals surface area contributed by atoms with Crippen LogP contribution in [0.25, 0.3) is 0 Å². The lowest BCUT2D eigenvalue weighted by molar-refractivity contribution is -0.131. The molecule has 168 valence electrons. The average molecular weight is 430 g/mol. The van der Waals surface area contributed by atoms with E-state index in [1.54, 1.807) is 43.4 Å². The predicted molar refractivity (Wildman–Crippen MR) is 119 cm³/mol. The van der Waals surface area contributed by atoms with Crippen molar-refractivity contribution < 1.29 is 14.7 Å². The first-order valence-corrected chi connectivity index (χ1v) is 9.94. The summed E-state index contributed by atoms with van der Waals surface area (Å²) in [6, 6.07) is 4.95. The minimum absolute atomic E-state index is 0.0787. The second-order valence-corrected chi connectivity index (χ2v) is 7.88. The molecule has 1 aliphatic heterocycles. The number of carbonyl (C=O) groups excluding carboxylic acids is 2. The number of likely N-dealkylation sites (tertiary alicyclic amines) is 1. The lowest BCUT2D eigenvalue weighted by Crippen LogP contribution is -2.41. The Morgan fingerprint density at radius 3 is 2.71 bits per heavy atom. The van der Waals surface area contributed by atoms with E-state index >= 15 is 0 Å². The highest BCUT2D eigenvalue weighted by Gasteiger charge is 2.41. The number of aliphatic hydroxyl groups is 1. The van der Waals surface area contributed by atoms with Gasteiger partial charge >= 0.3 is 0 Å². The van der Waals surface area contributed by atoms with E-state index in [0.717, 1.165) is 0 Å². The summed E-state index contributed by atoms with van der Waals surface area (Å²) in [6.07, 6.45) is 3.76. The van der Waals surface area contributed by atoms with Gasteiger partial charge < -0.3 is 26.4 Å². The van der Waals surface area contributed by atoms with Crippen molar-refractivity contribution in [2.24, 2.45) is 11.1 Å². The Kier molecular flexibility index (Phi) is 7.89. The minimum Gasteiger partial charge on any atom is -0.392 e. The Bertz CT molecular complexity index is 902. The normalized spacial score (nSPS) is 16.3. The van der Waals surface area contributed by atoms with E-state index in [4.69, 9.17) is 11.1 Å². The summed E-state index contributed by atoms with van der Waals surface area (Å²) in [5.74, 6) is -0.262. The van der Waals surface area contributed by atoms with E-state index in [-0.39, 0.29) is 36.3 Å². The van der Waals surface area contributed by atoms with Gasteiger partial charge in [0.05, 0.1) is 12.3 Å². The quantitative estimate of drug-likeness (QED) is 0.296. The molecule has 6 N–H and O–H groups in total. The molecular formula is C21H31N7O3. The Balaban J connectivity index is 2.20. The van der Waals surface area contributed by atoms with E-state index in [2.05, 4.69) is 15.6 Å². The average Bonchev–Trinajstić information content (AvgIpc) is 3.03. The number of hydrogen-bond donors (Lipinski definition) is 5. The molecule has 0 saturated carbocycles. The third kappa shape index (κ3) is 5.68. The fraction of sp³-hybridized carbons (Fsp3) is 0.429. The first-order chi connectivity index (χ1) is 14.6. The van der Waals surface area contributed by atoms with Crippen LogP contribution >= 0.6 is 0 Å². The summed E-state index contributed by atoms with van der Waals surface area (Å²) in [6.45, 7) is 4.13. The molecule has 2 amide bonds. The summed E-state index contributed by atoms with van der Waals surface area (Å²) in [7, 11) is 3.38. The van der Waals surface area contributed by atoms with E-state index in [0.29, 0.717) is 24.4 Å². The summed E-state index contributed by atoms with van der Waals surface area (Å²) in [5.41, 5.74) is 5.97. The van der Waals surface area contributed by atoms with Gasteiger partial charge in [-0.2, -0.15) is 0 Å². The van der Waals surface area contributed by atoms with Crippen LogP contribution in [0, 0.1) is 10.8 Å². The molecule has 1 aliphatic rings. The van der Waals surface area contributed by atoms with Crippen LogP contribution in [0.4, 0.5) is 5.82 Å². The van der Waals surface area contributed by atoms with Crippen molar-refractivity contribution in [3.05, 3.63) is 47.6 Å². The van der Waals surface area contributed by atoms with Gasteiger partial charge in [-0.3, -0.25) is 19.9 Å². The molecule has 0 bridgehead atoms. The second-order valence-electron chi connectivity index (χ2n) is 7.88. The second kappa shape index (κ2) is 10.2. The summed E-state index contributed by atoms with van der Waals surface area (Å²) < 4.78 is 0. The summed E-state index contributed by atoms with van der Waals surface area (Å²) >= 11 is 0. The van der Waals surface area contributed by atoms with E-state index in [1.807, 2.05) is 13.8 Å². The zero-order valence-electron chi connectivity index (χ0n) is 18.4. The van der Waals surface area contributed by atoms with Crippen LogP contribution < -0.4 is 21.3 Å². The maximum Gasteiger partial charge on any atom is 0.274 e. The Morgan fingerprint density at radius 2 is 2.16 bits per heavy atom. The van der Waals surface area contributed by atoms with Crippen molar-refractivity contribution in [1.29, 1.82) is 5.41 Å². The first-order valence-electron chi connectivity index (χ1n) is 9.94. The highest BCUT2D eigenvalue weighted by molar-refractivity contribution is 6.10. The van der Waals surface area contributed by atoms with Crippen LogP contribution in [0.15, 0.2) is 41.9 Å². The molecule has 1 aromatic heterocycles. The maximum absolute atomic E-state index is 12.8. The number of nitrogens with two attached hydrogens (primary N) is 1. The Labute approximate surface area is 182 Å². The standard InChI is InChI=1S/C21H31N7O3/c1-21(2)8-9-28(20(21)31)18(23)16(11-24-3)26-19(30)15-6-5-7-17(25-15)27(4)12-14(10-22)13-29/h5-7,11-12,23-24,29H,8-10,13,22H2,1-4H3,(H,26,30)/b14-12+,16-11+,23-18?. The Hall–Kier alpha value is -3.24. The number of anilines is 1. The first kappa shape index (κ1) is 24.0. The van der Waals surface area contributed by atoms with Crippen LogP contribution in [-0.2, 0) is 4.79 Å². The molecule has 0 aromatic carbocycles. The molecule has 1 fully saturated rings. The van der Waals surface area contributed by atoms with E-state index in [1.165, 1.54) is 11.1 Å². The summed E-state index contributed by atoms with van der Waals surface area (Å²) in [5, 5.41) is 23.2. The number of amidine groups is 1. The van der Waals surface area contributed by atoms with Crippen molar-refractivity contribution in [3.63, 3.8) is 0 Å². The topological polar surface area (TPSA) is 148 Å². The molecular weight excluding hydrogens is 398 g/mol. The van der Waals surface area contributed by atoms with Crippen LogP contribution in [0.5, 0.6) is 0 Å². The van der Waals surface area contributed by atoms with Gasteiger partial charge in [-0.15, -0.1) is 0 Å². The number of aromatic nitrogens is 1. The number of rotatable bonds is 8. The van der Waals surface area contributed by atoms with Crippen molar-refractivity contribution >= 4 is 23.5 Å². The van der Waals surface area contributed by atoms with Crippen molar-refractivity contribution in [2.75, 3.05) is 38.7 Å². The number of nitrogens with one attached hydrogen (secondary N) is 3. The number of amides is 2. The monoisotopic (exact) mass is 429 g/mol. The molecule has 0 atom stereocenters. The molecule has 1 saturated heterocycles. The van der Waals surface area contributed by atoms with Crippen LogP contribution in [0.3, 0.4) is 0 Å². The van der Waals surface area contributed by atoms with Crippen LogP contribution in [0.1, 0.15) is 30.8 Å². The van der Waals surface area contributed by atoms with Gasteiger partial charge in [0.1, 0.15) is 11.5 Å². The van der Waals surface area contributed by atoms with E-state index < -0.39 is 11.3 Å². The van der Waals surface area contributed by atoms with Gasteiger partial charge in [0.2, 0.25) is 5.91 Å². The Morgan fingerprint density at radius 1 is 1.45 bits per heavy atom. The van der Waals surface area contributed by atoms with Crippen molar-refractivity contribution in [1.82, 2.24) is 20.5 Å². The van der Waals surface area contributed by atoms with Gasteiger partial charge in [-0.05, 0) is 24.1 Å².